The number of rotatable bonds is 4. The first-order valence-corrected chi connectivity index (χ1v) is 7.19. The summed E-state index contributed by atoms with van der Waals surface area (Å²) >= 11 is 0. The van der Waals surface area contributed by atoms with E-state index in [4.69, 9.17) is 4.74 Å². The summed E-state index contributed by atoms with van der Waals surface area (Å²) in [5.74, 6) is 0.350. The molecule has 3 heteroatoms. The topological polar surface area (TPSA) is 21.3 Å². The quantitative estimate of drug-likeness (QED) is 0.922. The monoisotopic (exact) mass is 283 g/mol. The minimum atomic E-state index is -0.214. The van der Waals surface area contributed by atoms with E-state index in [1.165, 1.54) is 6.07 Å². The summed E-state index contributed by atoms with van der Waals surface area (Å²) in [7, 11) is 0. The largest absolute Gasteiger partial charge is 0.489 e. The maximum absolute atomic E-state index is 14.2. The van der Waals surface area contributed by atoms with Crippen LogP contribution in [-0.2, 0) is 6.61 Å². The molecule has 0 radical (unpaired) electrons. The van der Waals surface area contributed by atoms with Crippen molar-refractivity contribution in [3.63, 3.8) is 0 Å². The molecule has 3 rings (SSSR count). The molecule has 0 saturated carbocycles. The second kappa shape index (κ2) is 6.55. The first-order valence-electron chi connectivity index (χ1n) is 7.19. The molecule has 0 fully saturated rings. The second-order valence-electron chi connectivity index (χ2n) is 5.10. The minimum Gasteiger partial charge on any atom is -0.489 e. The fourth-order valence-electron chi connectivity index (χ4n) is 2.45. The molecule has 2 aromatic carbocycles. The van der Waals surface area contributed by atoms with Crippen LogP contribution in [0.5, 0.6) is 5.75 Å². The molecule has 0 aromatic heterocycles. The zero-order valence-corrected chi connectivity index (χ0v) is 11.8. The lowest BCUT2D eigenvalue weighted by molar-refractivity contribution is 0.304. The van der Waals surface area contributed by atoms with Crippen molar-refractivity contribution in [1.82, 2.24) is 5.32 Å². The number of hydrogen-bond donors (Lipinski definition) is 1. The molecule has 0 spiro atoms. The van der Waals surface area contributed by atoms with Gasteiger partial charge in [0, 0.05) is 18.2 Å². The van der Waals surface area contributed by atoms with E-state index in [1.54, 1.807) is 0 Å². The van der Waals surface area contributed by atoms with E-state index in [-0.39, 0.29) is 5.82 Å². The second-order valence-corrected chi connectivity index (χ2v) is 5.10. The molecule has 108 valence electrons. The van der Waals surface area contributed by atoms with Crippen LogP contribution in [0.15, 0.2) is 54.6 Å². The summed E-state index contributed by atoms with van der Waals surface area (Å²) in [5, 5.41) is 3.23. The molecule has 0 saturated heterocycles. The van der Waals surface area contributed by atoms with Crippen LogP contribution in [0.2, 0.25) is 0 Å². The van der Waals surface area contributed by atoms with Gasteiger partial charge in [-0.2, -0.15) is 0 Å². The fourth-order valence-corrected chi connectivity index (χ4v) is 2.45. The lowest BCUT2D eigenvalue weighted by Gasteiger charge is -2.15. The predicted molar refractivity (Wildman–Crippen MR) is 82.6 cm³/mol. The SMILES string of the molecule is Fc1cc(OCc2ccccc2)ccc1C1=CCNCC1. The van der Waals surface area contributed by atoms with Gasteiger partial charge in [-0.15, -0.1) is 0 Å². The first kappa shape index (κ1) is 13.8. The van der Waals surface area contributed by atoms with Crippen LogP contribution in [0.3, 0.4) is 0 Å². The molecule has 1 aliphatic rings. The molecule has 0 amide bonds. The molecule has 2 aromatic rings. The Morgan fingerprint density at radius 2 is 1.95 bits per heavy atom. The van der Waals surface area contributed by atoms with Crippen molar-refractivity contribution in [2.75, 3.05) is 13.1 Å². The Labute approximate surface area is 124 Å². The summed E-state index contributed by atoms with van der Waals surface area (Å²) < 4.78 is 19.9. The summed E-state index contributed by atoms with van der Waals surface area (Å²) in [5.41, 5.74) is 2.83. The molecule has 1 aliphatic heterocycles. The molecule has 21 heavy (non-hydrogen) atoms. The molecule has 1 N–H and O–H groups in total. The van der Waals surface area contributed by atoms with Gasteiger partial charge < -0.3 is 10.1 Å². The Kier molecular flexibility index (Phi) is 4.31. The first-order chi connectivity index (χ1) is 10.3. The number of halogens is 1. The summed E-state index contributed by atoms with van der Waals surface area (Å²) in [6.07, 6.45) is 2.91. The van der Waals surface area contributed by atoms with Gasteiger partial charge in [0.25, 0.3) is 0 Å². The maximum Gasteiger partial charge on any atom is 0.134 e. The van der Waals surface area contributed by atoms with Gasteiger partial charge in [-0.1, -0.05) is 36.4 Å². The van der Waals surface area contributed by atoms with Crippen molar-refractivity contribution in [1.29, 1.82) is 0 Å². The Morgan fingerprint density at radius 3 is 2.67 bits per heavy atom. The van der Waals surface area contributed by atoms with Crippen LogP contribution in [0.1, 0.15) is 17.5 Å². The number of hydrogen-bond acceptors (Lipinski definition) is 2. The van der Waals surface area contributed by atoms with Gasteiger partial charge in [0.1, 0.15) is 18.2 Å². The van der Waals surface area contributed by atoms with E-state index >= 15 is 0 Å². The van der Waals surface area contributed by atoms with E-state index < -0.39 is 0 Å². The standard InChI is InChI=1S/C18H18FNO/c19-18-12-16(21-13-14-4-2-1-3-5-14)6-7-17(18)15-8-10-20-11-9-15/h1-8,12,20H,9-11,13H2. The number of nitrogens with one attached hydrogen (secondary N) is 1. The van der Waals surface area contributed by atoms with Crippen LogP contribution in [0.4, 0.5) is 4.39 Å². The normalized spacial score (nSPS) is 14.6. The lowest BCUT2D eigenvalue weighted by atomic mass is 10.00. The highest BCUT2D eigenvalue weighted by Gasteiger charge is 2.11. The Bertz CT molecular complexity index is 637. The van der Waals surface area contributed by atoms with Crippen molar-refractivity contribution < 1.29 is 9.13 Å². The van der Waals surface area contributed by atoms with Gasteiger partial charge in [-0.3, -0.25) is 0 Å². The van der Waals surface area contributed by atoms with Crippen molar-refractivity contribution in [2.45, 2.75) is 13.0 Å². The van der Waals surface area contributed by atoms with Gasteiger partial charge in [-0.05, 0) is 36.2 Å². The summed E-state index contributed by atoms with van der Waals surface area (Å²) in [6, 6.07) is 15.0. The Morgan fingerprint density at radius 1 is 1.10 bits per heavy atom. The third-order valence-corrected chi connectivity index (χ3v) is 3.60. The van der Waals surface area contributed by atoms with E-state index in [0.717, 1.165) is 30.6 Å². The highest BCUT2D eigenvalue weighted by atomic mass is 19.1. The Hall–Kier alpha value is -2.13. The summed E-state index contributed by atoms with van der Waals surface area (Å²) in [4.78, 5) is 0. The van der Waals surface area contributed by atoms with Gasteiger partial charge in [0.15, 0.2) is 0 Å². The van der Waals surface area contributed by atoms with Crippen LogP contribution in [0, 0.1) is 5.82 Å². The van der Waals surface area contributed by atoms with Crippen molar-refractivity contribution >= 4 is 5.57 Å². The Balaban J connectivity index is 1.70. The average Bonchev–Trinajstić information content (AvgIpc) is 2.55. The van der Waals surface area contributed by atoms with Gasteiger partial charge in [-0.25, -0.2) is 4.39 Å². The predicted octanol–water partition coefficient (Wildman–Crippen LogP) is 3.78. The molecule has 0 atom stereocenters. The van der Waals surface area contributed by atoms with E-state index in [0.29, 0.717) is 17.9 Å². The van der Waals surface area contributed by atoms with Crippen molar-refractivity contribution in [3.05, 3.63) is 71.6 Å². The number of ether oxygens (including phenoxy) is 1. The van der Waals surface area contributed by atoms with E-state index in [9.17, 15) is 4.39 Å². The highest BCUT2D eigenvalue weighted by Crippen LogP contribution is 2.26. The minimum absolute atomic E-state index is 0.214. The third-order valence-electron chi connectivity index (χ3n) is 3.60. The molecule has 2 nitrogen and oxygen atoms in total. The van der Waals surface area contributed by atoms with Crippen LogP contribution in [-0.4, -0.2) is 13.1 Å². The molecule has 0 bridgehead atoms. The van der Waals surface area contributed by atoms with Crippen LogP contribution in [0.25, 0.3) is 5.57 Å². The van der Waals surface area contributed by atoms with Crippen molar-refractivity contribution in [3.8, 4) is 5.75 Å². The molecule has 0 unspecified atom stereocenters. The zero-order valence-electron chi connectivity index (χ0n) is 11.8. The fraction of sp³-hybridized carbons (Fsp3) is 0.222. The average molecular weight is 283 g/mol. The van der Waals surface area contributed by atoms with E-state index in [2.05, 4.69) is 5.32 Å². The highest BCUT2D eigenvalue weighted by molar-refractivity contribution is 5.67. The lowest BCUT2D eigenvalue weighted by Crippen LogP contribution is -2.20. The third kappa shape index (κ3) is 3.50. The van der Waals surface area contributed by atoms with Crippen LogP contribution >= 0.6 is 0 Å². The molecule has 1 heterocycles. The van der Waals surface area contributed by atoms with Crippen molar-refractivity contribution in [2.24, 2.45) is 0 Å². The van der Waals surface area contributed by atoms with Gasteiger partial charge in [0.2, 0.25) is 0 Å². The smallest absolute Gasteiger partial charge is 0.134 e. The van der Waals surface area contributed by atoms with E-state index in [1.807, 2.05) is 48.5 Å². The van der Waals surface area contributed by atoms with Crippen LogP contribution < -0.4 is 10.1 Å². The maximum atomic E-state index is 14.2. The molecular formula is C18H18FNO. The zero-order chi connectivity index (χ0) is 14.5. The molecular weight excluding hydrogens is 265 g/mol. The number of benzene rings is 2. The van der Waals surface area contributed by atoms with Gasteiger partial charge in [0.05, 0.1) is 0 Å². The molecule has 0 aliphatic carbocycles. The summed E-state index contributed by atoms with van der Waals surface area (Å²) in [6.45, 7) is 2.16. The van der Waals surface area contributed by atoms with Gasteiger partial charge >= 0.3 is 0 Å².